The molecule has 0 bridgehead atoms. The number of para-hydroxylation sites is 1. The summed E-state index contributed by atoms with van der Waals surface area (Å²) >= 11 is 0. The number of sulfonamides is 1. The highest BCUT2D eigenvalue weighted by atomic mass is 32.2. The van der Waals surface area contributed by atoms with Gasteiger partial charge in [-0.3, -0.25) is 0 Å². The molecule has 0 atom stereocenters. The Hall–Kier alpha value is -3.17. The molecule has 1 aromatic heterocycles. The molecule has 0 fully saturated rings. The van der Waals surface area contributed by atoms with Crippen LogP contribution in [0.2, 0.25) is 0 Å². The zero-order valence-corrected chi connectivity index (χ0v) is 17.7. The largest absolute Gasteiger partial charge is 0.457 e. The van der Waals surface area contributed by atoms with Crippen LogP contribution in [0, 0.1) is 6.92 Å². The lowest BCUT2D eigenvalue weighted by Gasteiger charge is -2.11. The number of hydrogen-bond donors (Lipinski definition) is 3. The number of rotatable bonds is 10. The maximum absolute atomic E-state index is 12.5. The second kappa shape index (κ2) is 10.0. The van der Waals surface area contributed by atoms with E-state index in [1.54, 1.807) is 25.1 Å². The van der Waals surface area contributed by atoms with E-state index in [-0.39, 0.29) is 11.4 Å². The van der Waals surface area contributed by atoms with Crippen molar-refractivity contribution in [2.75, 3.05) is 30.3 Å². The van der Waals surface area contributed by atoms with Crippen LogP contribution in [0.4, 0.5) is 11.6 Å². The smallest absolute Gasteiger partial charge is 0.240 e. The Balaban J connectivity index is 1.53. The summed E-state index contributed by atoms with van der Waals surface area (Å²) in [5.41, 5.74) is 0. The van der Waals surface area contributed by atoms with E-state index in [9.17, 15) is 8.42 Å². The van der Waals surface area contributed by atoms with Gasteiger partial charge in [0.05, 0.1) is 4.90 Å². The van der Waals surface area contributed by atoms with E-state index < -0.39 is 10.0 Å². The topological polar surface area (TPSA) is 105 Å². The van der Waals surface area contributed by atoms with Gasteiger partial charge >= 0.3 is 0 Å². The Labute approximate surface area is 176 Å². The van der Waals surface area contributed by atoms with Crippen LogP contribution in [0.3, 0.4) is 0 Å². The molecule has 158 valence electrons. The molecule has 3 N–H and O–H groups in total. The SMILES string of the molecule is CCNc1cc(NCCNS(=O)(=O)c2ccc(Oc3ccccc3)cc2)nc(C)n1. The first-order chi connectivity index (χ1) is 14.5. The number of nitrogens with zero attached hydrogens (tertiary/aromatic N) is 2. The van der Waals surface area contributed by atoms with Crippen molar-refractivity contribution in [3.63, 3.8) is 0 Å². The lowest BCUT2D eigenvalue weighted by molar-refractivity contribution is 0.482. The minimum absolute atomic E-state index is 0.176. The summed E-state index contributed by atoms with van der Waals surface area (Å²) in [5.74, 6) is 3.26. The first-order valence-electron chi connectivity index (χ1n) is 9.62. The minimum atomic E-state index is -3.62. The third kappa shape index (κ3) is 6.16. The standard InChI is InChI=1S/C21H25N5O3S/c1-3-22-20-15-21(26-16(2)25-20)23-13-14-24-30(27,28)19-11-9-18(10-12-19)29-17-7-5-4-6-8-17/h4-12,15,24H,3,13-14H2,1-2H3,(H2,22,23,25,26). The van der Waals surface area contributed by atoms with Crippen LogP contribution >= 0.6 is 0 Å². The van der Waals surface area contributed by atoms with Gasteiger partial charge in [0.15, 0.2) is 0 Å². The first-order valence-corrected chi connectivity index (χ1v) is 11.1. The summed E-state index contributed by atoms with van der Waals surface area (Å²) in [6.45, 7) is 5.14. The average molecular weight is 428 g/mol. The van der Waals surface area contributed by atoms with Crippen LogP contribution in [0.25, 0.3) is 0 Å². The second-order valence-corrected chi connectivity index (χ2v) is 8.19. The maximum atomic E-state index is 12.5. The van der Waals surface area contributed by atoms with E-state index in [0.29, 0.717) is 29.7 Å². The summed E-state index contributed by atoms with van der Waals surface area (Å²) in [6.07, 6.45) is 0. The predicted octanol–water partition coefficient (Wildman–Crippen LogP) is 3.40. The molecule has 0 unspecified atom stereocenters. The quantitative estimate of drug-likeness (QED) is 0.426. The number of ether oxygens (including phenoxy) is 1. The molecule has 1 heterocycles. The molecule has 9 heteroatoms. The van der Waals surface area contributed by atoms with Crippen LogP contribution in [0.5, 0.6) is 11.5 Å². The van der Waals surface area contributed by atoms with Crippen molar-refractivity contribution in [3.8, 4) is 11.5 Å². The van der Waals surface area contributed by atoms with Gasteiger partial charge in [0.2, 0.25) is 10.0 Å². The molecule has 0 aliphatic heterocycles. The van der Waals surface area contributed by atoms with Crippen LogP contribution in [-0.2, 0) is 10.0 Å². The number of aryl methyl sites for hydroxylation is 1. The maximum Gasteiger partial charge on any atom is 0.240 e. The van der Waals surface area contributed by atoms with Crippen molar-refractivity contribution in [2.24, 2.45) is 0 Å². The van der Waals surface area contributed by atoms with E-state index in [1.807, 2.05) is 37.3 Å². The summed E-state index contributed by atoms with van der Waals surface area (Å²) in [4.78, 5) is 8.76. The Morgan fingerprint density at radius 2 is 1.50 bits per heavy atom. The van der Waals surface area contributed by atoms with Gasteiger partial charge in [-0.05, 0) is 50.2 Å². The number of benzene rings is 2. The van der Waals surface area contributed by atoms with Crippen LogP contribution < -0.4 is 20.1 Å². The third-order valence-electron chi connectivity index (χ3n) is 4.03. The zero-order chi connectivity index (χ0) is 21.4. The molecule has 2 aromatic carbocycles. The summed E-state index contributed by atoms with van der Waals surface area (Å²) in [7, 11) is -3.62. The normalized spacial score (nSPS) is 11.1. The van der Waals surface area contributed by atoms with Crippen LogP contribution in [0.15, 0.2) is 65.6 Å². The van der Waals surface area contributed by atoms with Gasteiger partial charge in [-0.25, -0.2) is 23.1 Å². The van der Waals surface area contributed by atoms with Crippen molar-refractivity contribution in [1.29, 1.82) is 0 Å². The Kier molecular flexibility index (Phi) is 7.21. The van der Waals surface area contributed by atoms with Gasteiger partial charge in [-0.2, -0.15) is 0 Å². The van der Waals surface area contributed by atoms with E-state index >= 15 is 0 Å². The van der Waals surface area contributed by atoms with Crippen molar-refractivity contribution in [1.82, 2.24) is 14.7 Å². The van der Waals surface area contributed by atoms with E-state index in [4.69, 9.17) is 4.74 Å². The Bertz CT molecular complexity index is 1060. The van der Waals surface area contributed by atoms with Crippen LogP contribution in [0.1, 0.15) is 12.7 Å². The molecule has 0 radical (unpaired) electrons. The molecule has 0 spiro atoms. The van der Waals surface area contributed by atoms with Gasteiger partial charge < -0.3 is 15.4 Å². The zero-order valence-electron chi connectivity index (χ0n) is 16.9. The minimum Gasteiger partial charge on any atom is -0.457 e. The Morgan fingerprint density at radius 1 is 0.867 bits per heavy atom. The lowest BCUT2D eigenvalue weighted by atomic mass is 10.3. The van der Waals surface area contributed by atoms with Gasteiger partial charge in [0.25, 0.3) is 0 Å². The van der Waals surface area contributed by atoms with Gasteiger partial charge in [0.1, 0.15) is 29.0 Å². The molecule has 0 amide bonds. The molecule has 30 heavy (non-hydrogen) atoms. The van der Waals surface area contributed by atoms with Crippen molar-refractivity contribution >= 4 is 21.7 Å². The molecule has 0 aliphatic carbocycles. The summed E-state index contributed by atoms with van der Waals surface area (Å²) < 4.78 is 33.2. The summed E-state index contributed by atoms with van der Waals surface area (Å²) in [6, 6.07) is 17.4. The molecule has 0 aliphatic rings. The van der Waals surface area contributed by atoms with E-state index in [0.717, 1.165) is 12.4 Å². The van der Waals surface area contributed by atoms with Crippen molar-refractivity contribution < 1.29 is 13.2 Å². The highest BCUT2D eigenvalue weighted by Crippen LogP contribution is 2.22. The monoisotopic (exact) mass is 427 g/mol. The first kappa shape index (κ1) is 21.5. The van der Waals surface area contributed by atoms with Crippen LogP contribution in [-0.4, -0.2) is 38.0 Å². The van der Waals surface area contributed by atoms with Crippen molar-refractivity contribution in [2.45, 2.75) is 18.7 Å². The molecule has 0 saturated carbocycles. The fourth-order valence-corrected chi connectivity index (χ4v) is 3.73. The highest BCUT2D eigenvalue weighted by Gasteiger charge is 2.13. The molecule has 8 nitrogen and oxygen atoms in total. The fraction of sp³-hybridized carbons (Fsp3) is 0.238. The molecular formula is C21H25N5O3S. The molecule has 3 rings (SSSR count). The molecule has 3 aromatic rings. The molecule has 0 saturated heterocycles. The average Bonchev–Trinajstić information content (AvgIpc) is 2.72. The molecular weight excluding hydrogens is 402 g/mol. The number of aromatic nitrogens is 2. The number of nitrogens with one attached hydrogen (secondary N) is 3. The second-order valence-electron chi connectivity index (χ2n) is 6.43. The lowest BCUT2D eigenvalue weighted by Crippen LogP contribution is -2.29. The van der Waals surface area contributed by atoms with E-state index in [1.165, 1.54) is 12.1 Å². The predicted molar refractivity (Wildman–Crippen MR) is 118 cm³/mol. The van der Waals surface area contributed by atoms with Gasteiger partial charge in [-0.15, -0.1) is 0 Å². The van der Waals surface area contributed by atoms with Crippen molar-refractivity contribution in [3.05, 3.63) is 66.5 Å². The Morgan fingerprint density at radius 3 is 2.17 bits per heavy atom. The van der Waals surface area contributed by atoms with E-state index in [2.05, 4.69) is 25.3 Å². The van der Waals surface area contributed by atoms with Gasteiger partial charge in [0, 0.05) is 25.7 Å². The summed E-state index contributed by atoms with van der Waals surface area (Å²) in [5, 5.41) is 6.24. The van der Waals surface area contributed by atoms with Gasteiger partial charge in [-0.1, -0.05) is 18.2 Å². The third-order valence-corrected chi connectivity index (χ3v) is 5.51. The fourth-order valence-electron chi connectivity index (χ4n) is 2.70. The number of anilines is 2. The number of hydrogen-bond acceptors (Lipinski definition) is 7. The highest BCUT2D eigenvalue weighted by molar-refractivity contribution is 7.89.